The Morgan fingerprint density at radius 1 is 0.295 bits per heavy atom. The molecule has 13 aromatic carbocycles. The van der Waals surface area contributed by atoms with Crippen molar-refractivity contribution in [1.29, 1.82) is 0 Å². The molecule has 12 aromatic heterocycles. The fraction of sp³-hybridized carbons (Fsp3) is 0.124. The molecule has 12 heterocycles. The monoisotopic (exact) mass is 1960 g/mol. The van der Waals surface area contributed by atoms with Crippen molar-refractivity contribution in [1.82, 2.24) is 116 Å². The Kier molecular flexibility index (Phi) is 26.4. The van der Waals surface area contributed by atoms with E-state index in [-0.39, 0.29) is 23.3 Å². The van der Waals surface area contributed by atoms with E-state index in [0.717, 1.165) is 255 Å². The van der Waals surface area contributed by atoms with Gasteiger partial charge >= 0.3 is 0 Å². The van der Waals surface area contributed by atoms with Gasteiger partial charge in [-0.1, -0.05) is 165 Å². The Hall–Kier alpha value is -18.4. The van der Waals surface area contributed by atoms with Crippen LogP contribution in [0.5, 0.6) is 0 Å². The second-order valence-corrected chi connectivity index (χ2v) is 38.1. The number of halogens is 4. The van der Waals surface area contributed by atoms with Gasteiger partial charge in [-0.05, 0) is 266 Å². The maximum atomic E-state index is 13.9. The van der Waals surface area contributed by atoms with Crippen LogP contribution in [0.4, 0.5) is 23.2 Å². The standard InChI is InChI=1S/C33H25FN6.C32H29FN6.2C28H23FN6/c34-26-9-4-8-24(15-26)27-10-5-11-30-31(27)38-33(37-30)32-28-16-23(12-13-29(28)39-40-32)25-14-22(19-36-20-25)18-35-17-21-6-2-1-3-7-21;33-25-8-3-7-23(14-25)26-9-4-10-29-30(26)37-32(36-29)31-27-15-22(11-12-28(27)38-39-31)24-13-21(18-35-19-24)17-34-16-20-5-1-2-6-20;1-35(2)16-17-11-20(15-30-14-17)18-9-10-24-23(13-18)27(34-33-24)28-31-25-8-4-7-22(26(25)32-28)19-5-3-6-21(29)12-19;1-16(2)31-21-12-19(14-30-15-21)17-9-10-24-23(13-17)27(35-34-24)28-32-25-8-4-7-22(26(25)33-28)18-5-3-6-20(29)11-18/h1-16,19-20,35H,17-18H2,(H,37,38)(H,39,40);3-4,7-15,18-20,34H,1-2,5-6,16-17H2,(H,36,37)(H,38,39);3-15H,16H2,1-2H3,(H,31,32)(H,33,34);3-16,31H,1-2H3,(H,32,33)(H,34,35). The van der Waals surface area contributed by atoms with Gasteiger partial charge in [-0.2, -0.15) is 20.4 Å². The summed E-state index contributed by atoms with van der Waals surface area (Å²) >= 11 is 0. The zero-order valence-electron chi connectivity index (χ0n) is 81.8. The number of rotatable bonds is 24. The first-order chi connectivity index (χ1) is 73.0. The summed E-state index contributed by atoms with van der Waals surface area (Å²) in [5, 5.41) is 45.2. The minimum absolute atomic E-state index is 0.269. The molecule has 0 amide bonds. The van der Waals surface area contributed by atoms with Crippen LogP contribution in [0.3, 0.4) is 0 Å². The maximum absolute atomic E-state index is 13.9. The second kappa shape index (κ2) is 41.8. The van der Waals surface area contributed by atoms with Crippen molar-refractivity contribution in [2.24, 2.45) is 5.92 Å². The molecule has 11 N–H and O–H groups in total. The molecular weight excluding hydrogens is 1870 g/mol. The highest BCUT2D eigenvalue weighted by molar-refractivity contribution is 6.04. The van der Waals surface area contributed by atoms with E-state index in [1.54, 1.807) is 24.3 Å². The lowest BCUT2D eigenvalue weighted by atomic mass is 10.0. The van der Waals surface area contributed by atoms with E-state index in [1.165, 1.54) is 85.3 Å². The van der Waals surface area contributed by atoms with E-state index < -0.39 is 0 Å². The lowest BCUT2D eigenvalue weighted by molar-refractivity contribution is 0.402. The van der Waals surface area contributed by atoms with Gasteiger partial charge in [0.15, 0.2) is 23.3 Å². The normalized spacial score (nSPS) is 12.2. The summed E-state index contributed by atoms with van der Waals surface area (Å²) in [5.41, 5.74) is 33.9. The van der Waals surface area contributed by atoms with Crippen molar-refractivity contribution >= 4 is 93.4 Å². The molecule has 0 atom stereocenters. The SMILES string of the molecule is CC(C)Nc1cncc(-c2ccc3[nH]nc(-c4nc5c(-c6cccc(F)c6)cccc5[nH]4)c3c2)c1.CN(C)Cc1cncc(-c2ccc3[nH]nc(-c4nc5c(-c6cccc(F)c6)cccc5[nH]4)c3c2)c1.Fc1cccc(-c2cccc3[nH]c(-c4n[nH]c5ccc(-c6cncc(CNCC7CCCC7)c6)cc45)nc23)c1.Fc1cccc(-c2cccc3[nH]c(-c4n[nH]c5ccc(-c6cncc(CNCc7ccccc7)c6)cc45)nc23)c1. The molecule has 28 heteroatoms. The molecule has 24 nitrogen and oxygen atoms in total. The van der Waals surface area contributed by atoms with Gasteiger partial charge in [-0.3, -0.25) is 40.3 Å². The average molecular weight is 1970 g/mol. The molecule has 1 saturated carbocycles. The highest BCUT2D eigenvalue weighted by Crippen LogP contribution is 2.42. The summed E-state index contributed by atoms with van der Waals surface area (Å²) in [7, 11) is 4.09. The summed E-state index contributed by atoms with van der Waals surface area (Å²) in [5.74, 6) is 2.35. The molecule has 0 bridgehead atoms. The molecule has 0 unspecified atom stereocenters. The first-order valence-corrected chi connectivity index (χ1v) is 49.6. The molecule has 149 heavy (non-hydrogen) atoms. The highest BCUT2D eigenvalue weighted by Gasteiger charge is 2.25. The Labute approximate surface area is 853 Å². The van der Waals surface area contributed by atoms with Crippen LogP contribution in [0.25, 0.3) is 223 Å². The van der Waals surface area contributed by atoms with Crippen LogP contribution < -0.4 is 16.0 Å². The number of benzene rings is 13. The van der Waals surface area contributed by atoms with Crippen molar-refractivity contribution in [2.45, 2.75) is 71.8 Å². The van der Waals surface area contributed by atoms with Gasteiger partial charge in [-0.15, -0.1) is 0 Å². The Morgan fingerprint density at radius 3 is 0.966 bits per heavy atom. The molecule has 0 radical (unpaired) electrons. The van der Waals surface area contributed by atoms with Crippen LogP contribution >= 0.6 is 0 Å². The molecule has 1 aliphatic carbocycles. The fourth-order valence-corrected chi connectivity index (χ4v) is 19.8. The number of fused-ring (bicyclic) bond motifs is 8. The van der Waals surface area contributed by atoms with Gasteiger partial charge < -0.3 is 40.8 Å². The highest BCUT2D eigenvalue weighted by atomic mass is 19.1. The van der Waals surface area contributed by atoms with E-state index in [4.69, 9.17) is 19.9 Å². The van der Waals surface area contributed by atoms with Gasteiger partial charge in [0.05, 0.1) is 71.9 Å². The first kappa shape index (κ1) is 94.2. The van der Waals surface area contributed by atoms with Crippen LogP contribution in [-0.4, -0.2) is 132 Å². The molecule has 26 rings (SSSR count). The van der Waals surface area contributed by atoms with E-state index in [0.29, 0.717) is 29.3 Å². The minimum atomic E-state index is -0.276. The molecule has 1 fully saturated rings. The zero-order chi connectivity index (χ0) is 101. The van der Waals surface area contributed by atoms with Gasteiger partial charge in [0.2, 0.25) is 0 Å². The van der Waals surface area contributed by atoms with Gasteiger partial charge in [0, 0.05) is 148 Å². The summed E-state index contributed by atoms with van der Waals surface area (Å²) in [4.78, 5) is 53.2. The summed E-state index contributed by atoms with van der Waals surface area (Å²) < 4.78 is 55.6. The fourth-order valence-electron chi connectivity index (χ4n) is 19.8. The first-order valence-electron chi connectivity index (χ1n) is 49.6. The molecule has 1 aliphatic rings. The Balaban J connectivity index is 0.000000109. The lowest BCUT2D eigenvalue weighted by Gasteiger charge is -2.11. The number of para-hydroxylation sites is 4. The lowest BCUT2D eigenvalue weighted by Crippen LogP contribution is -2.20. The number of aromatic nitrogens is 20. The van der Waals surface area contributed by atoms with Crippen LogP contribution in [-0.2, 0) is 26.2 Å². The van der Waals surface area contributed by atoms with Gasteiger partial charge in [0.1, 0.15) is 46.0 Å². The minimum Gasteiger partial charge on any atom is -0.382 e. The van der Waals surface area contributed by atoms with Crippen LogP contribution in [0.15, 0.2) is 347 Å². The van der Waals surface area contributed by atoms with E-state index >= 15 is 0 Å². The summed E-state index contributed by atoms with van der Waals surface area (Å²) in [6.07, 6.45) is 20.5. The zero-order valence-corrected chi connectivity index (χ0v) is 81.8. The van der Waals surface area contributed by atoms with Gasteiger partial charge in [0.25, 0.3) is 0 Å². The summed E-state index contributed by atoms with van der Waals surface area (Å²) in [6, 6.07) is 94.0. The molecule has 0 aliphatic heterocycles. The summed E-state index contributed by atoms with van der Waals surface area (Å²) in [6.45, 7) is 8.45. The predicted molar refractivity (Wildman–Crippen MR) is 586 cm³/mol. The smallest absolute Gasteiger partial charge is 0.159 e. The molecule has 25 aromatic rings. The number of hydrogen-bond donors (Lipinski definition) is 11. The average Bonchev–Trinajstić information content (AvgIpc) is 1.63. The molecule has 0 spiro atoms. The molecular formula is C121H100F4N24. The number of hydrogen-bond acceptors (Lipinski definition) is 16. The van der Waals surface area contributed by atoms with Crippen LogP contribution in [0.1, 0.15) is 61.8 Å². The number of nitrogens with one attached hydrogen (secondary N) is 11. The number of aromatic amines is 8. The topological polar surface area (TPSA) is 320 Å². The van der Waals surface area contributed by atoms with E-state index in [9.17, 15) is 17.6 Å². The van der Waals surface area contributed by atoms with E-state index in [2.05, 4.69) is 200 Å². The van der Waals surface area contributed by atoms with Crippen LogP contribution in [0.2, 0.25) is 0 Å². The number of anilines is 1. The number of nitrogens with zero attached hydrogens (tertiary/aromatic N) is 13. The molecule has 0 saturated heterocycles. The van der Waals surface area contributed by atoms with E-state index in [1.807, 2.05) is 203 Å². The second-order valence-electron chi connectivity index (χ2n) is 38.1. The third kappa shape index (κ3) is 20.5. The molecule has 732 valence electrons. The number of pyridine rings is 4. The van der Waals surface area contributed by atoms with Crippen molar-refractivity contribution in [3.8, 4) is 135 Å². The number of imidazole rings is 4. The Bertz CT molecular complexity index is 8950. The predicted octanol–water partition coefficient (Wildman–Crippen LogP) is 27.3. The van der Waals surface area contributed by atoms with Crippen molar-refractivity contribution in [3.05, 3.63) is 392 Å². The van der Waals surface area contributed by atoms with Crippen LogP contribution in [0, 0.1) is 29.2 Å². The largest absolute Gasteiger partial charge is 0.382 e. The van der Waals surface area contributed by atoms with Crippen molar-refractivity contribution in [3.63, 3.8) is 0 Å². The van der Waals surface area contributed by atoms with Gasteiger partial charge in [-0.25, -0.2) is 37.5 Å². The number of H-pyrrole nitrogens is 8. The quantitative estimate of drug-likeness (QED) is 0.0251. The van der Waals surface area contributed by atoms with Crippen molar-refractivity contribution < 1.29 is 17.6 Å². The van der Waals surface area contributed by atoms with Crippen molar-refractivity contribution in [2.75, 3.05) is 26.0 Å². The maximum Gasteiger partial charge on any atom is 0.159 e. The Morgan fingerprint density at radius 2 is 0.617 bits per heavy atom. The third-order valence-electron chi connectivity index (χ3n) is 26.9. The third-order valence-corrected chi connectivity index (χ3v) is 26.9.